The van der Waals surface area contributed by atoms with Gasteiger partial charge in [0.2, 0.25) is 0 Å². The molecule has 1 aromatic heterocycles. The smallest absolute Gasteiger partial charge is 0.120 e. The summed E-state index contributed by atoms with van der Waals surface area (Å²) < 4.78 is 7.70. The van der Waals surface area contributed by atoms with Crippen molar-refractivity contribution in [2.45, 2.75) is 25.6 Å². The minimum absolute atomic E-state index is 0.0659. The summed E-state index contributed by atoms with van der Waals surface area (Å²) in [4.78, 5) is 2.27. The number of hydrogen-bond donors (Lipinski definition) is 1. The molecule has 6 heteroatoms. The number of benzene rings is 1. The van der Waals surface area contributed by atoms with Crippen LogP contribution in [0.5, 0.6) is 0 Å². The van der Waals surface area contributed by atoms with Gasteiger partial charge in [-0.2, -0.15) is 5.26 Å². The molecule has 5 nitrogen and oxygen atoms in total. The summed E-state index contributed by atoms with van der Waals surface area (Å²) in [5.74, 6) is 0. The van der Waals surface area contributed by atoms with Crippen LogP contribution in [0.25, 0.3) is 0 Å². The monoisotopic (exact) mass is 359 g/mol. The molecule has 0 amide bonds. The lowest BCUT2D eigenvalue weighted by Gasteiger charge is -2.41. The van der Waals surface area contributed by atoms with Crippen molar-refractivity contribution in [1.29, 1.82) is 5.26 Å². The average molecular weight is 360 g/mol. The van der Waals surface area contributed by atoms with Gasteiger partial charge in [0.25, 0.3) is 0 Å². The van der Waals surface area contributed by atoms with E-state index in [-0.39, 0.29) is 18.8 Å². The maximum atomic E-state index is 9.80. The Morgan fingerprint density at radius 3 is 2.80 bits per heavy atom. The first-order chi connectivity index (χ1) is 12.1. The predicted molar refractivity (Wildman–Crippen MR) is 96.3 cm³/mol. The van der Waals surface area contributed by atoms with Gasteiger partial charge in [-0.05, 0) is 30.2 Å². The van der Waals surface area contributed by atoms with Crippen molar-refractivity contribution in [3.8, 4) is 6.07 Å². The summed E-state index contributed by atoms with van der Waals surface area (Å²) in [7, 11) is 1.90. The van der Waals surface area contributed by atoms with Gasteiger partial charge in [0, 0.05) is 30.9 Å². The Balaban J connectivity index is 1.95. The summed E-state index contributed by atoms with van der Waals surface area (Å²) in [6, 6.07) is 11.7. The molecule has 1 fully saturated rings. The maximum Gasteiger partial charge on any atom is 0.120 e. The molecule has 2 heterocycles. The number of rotatable bonds is 4. The van der Waals surface area contributed by atoms with Crippen LogP contribution in [0.15, 0.2) is 30.3 Å². The molecule has 1 aliphatic heterocycles. The highest BCUT2D eigenvalue weighted by Crippen LogP contribution is 2.35. The Labute approximate surface area is 153 Å². The van der Waals surface area contributed by atoms with Gasteiger partial charge in [0.15, 0.2) is 0 Å². The third-order valence-electron chi connectivity index (χ3n) is 4.99. The SMILES string of the molecule is Cc1c(CN2CCO[C@@H](CO)[C@@H]2c2ccccc2Cl)cc(C#N)n1C. The quantitative estimate of drug-likeness (QED) is 0.911. The number of ether oxygens (including phenoxy) is 1. The standard InChI is InChI=1S/C19H22ClN3O2/c1-13-14(9-15(10-21)22(13)2)11-23-7-8-25-18(12-24)19(23)16-5-3-4-6-17(16)20/h3-6,9,18-19,24H,7-8,11-12H2,1-2H3/t18-,19-/m0/s1. The Bertz CT molecular complexity index is 796. The van der Waals surface area contributed by atoms with Gasteiger partial charge in [0.05, 0.1) is 19.3 Å². The second kappa shape index (κ2) is 7.59. The van der Waals surface area contributed by atoms with Crippen molar-refractivity contribution in [1.82, 2.24) is 9.47 Å². The lowest BCUT2D eigenvalue weighted by molar-refractivity contribution is -0.0960. The first-order valence-electron chi connectivity index (χ1n) is 8.33. The number of aromatic nitrogens is 1. The van der Waals surface area contributed by atoms with E-state index in [0.717, 1.165) is 23.4 Å². The van der Waals surface area contributed by atoms with Crippen molar-refractivity contribution >= 4 is 11.6 Å². The van der Waals surface area contributed by atoms with Crippen molar-refractivity contribution in [2.24, 2.45) is 7.05 Å². The van der Waals surface area contributed by atoms with Crippen LogP contribution in [0, 0.1) is 18.3 Å². The normalized spacial score (nSPS) is 21.2. The number of halogens is 1. The topological polar surface area (TPSA) is 61.4 Å². The van der Waals surface area contributed by atoms with E-state index >= 15 is 0 Å². The highest BCUT2D eigenvalue weighted by molar-refractivity contribution is 6.31. The second-order valence-electron chi connectivity index (χ2n) is 6.34. The molecule has 0 radical (unpaired) electrons. The van der Waals surface area contributed by atoms with Gasteiger partial charge in [-0.3, -0.25) is 4.90 Å². The Hall–Kier alpha value is -1.84. The molecule has 25 heavy (non-hydrogen) atoms. The third kappa shape index (κ3) is 3.44. The molecule has 1 aromatic carbocycles. The summed E-state index contributed by atoms with van der Waals surface area (Å²) in [6.45, 7) is 3.93. The van der Waals surface area contributed by atoms with E-state index in [4.69, 9.17) is 16.3 Å². The fourth-order valence-corrected chi connectivity index (χ4v) is 3.72. The number of hydrogen-bond acceptors (Lipinski definition) is 4. The van der Waals surface area contributed by atoms with Gasteiger partial charge < -0.3 is 14.4 Å². The van der Waals surface area contributed by atoms with E-state index in [1.165, 1.54) is 0 Å². The van der Waals surface area contributed by atoms with Crippen molar-refractivity contribution in [3.05, 3.63) is 57.9 Å². The van der Waals surface area contributed by atoms with E-state index in [9.17, 15) is 10.4 Å². The van der Waals surface area contributed by atoms with Crippen molar-refractivity contribution in [3.63, 3.8) is 0 Å². The van der Waals surface area contributed by atoms with E-state index in [1.54, 1.807) is 0 Å². The summed E-state index contributed by atoms with van der Waals surface area (Å²) >= 11 is 6.42. The summed E-state index contributed by atoms with van der Waals surface area (Å²) in [5.41, 5.74) is 3.78. The van der Waals surface area contributed by atoms with Crippen LogP contribution < -0.4 is 0 Å². The highest BCUT2D eigenvalue weighted by Gasteiger charge is 2.34. The van der Waals surface area contributed by atoms with Crippen LogP contribution in [0.2, 0.25) is 5.02 Å². The molecule has 2 aromatic rings. The number of nitrogens with zero attached hydrogens (tertiary/aromatic N) is 3. The first-order valence-corrected chi connectivity index (χ1v) is 8.70. The zero-order chi connectivity index (χ0) is 18.0. The van der Waals surface area contributed by atoms with Gasteiger partial charge in [-0.15, -0.1) is 0 Å². The largest absolute Gasteiger partial charge is 0.394 e. The lowest BCUT2D eigenvalue weighted by atomic mass is 9.97. The molecule has 0 spiro atoms. The van der Waals surface area contributed by atoms with Crippen LogP contribution in [0.1, 0.15) is 28.6 Å². The molecule has 3 rings (SSSR count). The molecule has 1 saturated heterocycles. The number of nitriles is 1. The lowest BCUT2D eigenvalue weighted by Crippen LogP contribution is -2.46. The van der Waals surface area contributed by atoms with E-state index in [0.29, 0.717) is 23.9 Å². The molecule has 1 N–H and O–H groups in total. The average Bonchev–Trinajstić information content (AvgIpc) is 2.90. The minimum Gasteiger partial charge on any atom is -0.394 e. The summed E-state index contributed by atoms with van der Waals surface area (Å²) in [6.07, 6.45) is -0.326. The molecule has 0 unspecified atom stereocenters. The maximum absolute atomic E-state index is 9.80. The minimum atomic E-state index is -0.326. The number of aliphatic hydroxyl groups is 1. The van der Waals surface area contributed by atoms with Gasteiger partial charge in [0.1, 0.15) is 17.9 Å². The molecule has 0 aliphatic carbocycles. The molecule has 0 saturated carbocycles. The van der Waals surface area contributed by atoms with E-state index < -0.39 is 0 Å². The van der Waals surface area contributed by atoms with Crippen molar-refractivity contribution in [2.75, 3.05) is 19.8 Å². The number of aliphatic hydroxyl groups excluding tert-OH is 1. The Morgan fingerprint density at radius 2 is 2.16 bits per heavy atom. The van der Waals surface area contributed by atoms with Gasteiger partial charge in [-0.1, -0.05) is 29.8 Å². The highest BCUT2D eigenvalue weighted by atomic mass is 35.5. The van der Waals surface area contributed by atoms with Gasteiger partial charge >= 0.3 is 0 Å². The van der Waals surface area contributed by atoms with Crippen LogP contribution in [-0.2, 0) is 18.3 Å². The van der Waals surface area contributed by atoms with E-state index in [2.05, 4.69) is 11.0 Å². The Kier molecular flexibility index (Phi) is 5.45. The van der Waals surface area contributed by atoms with Crippen molar-refractivity contribution < 1.29 is 9.84 Å². The van der Waals surface area contributed by atoms with Gasteiger partial charge in [-0.25, -0.2) is 0 Å². The van der Waals surface area contributed by atoms with E-state index in [1.807, 2.05) is 48.9 Å². The van der Waals surface area contributed by atoms with Crippen LogP contribution >= 0.6 is 11.6 Å². The number of morpholine rings is 1. The van der Waals surface area contributed by atoms with Crippen LogP contribution in [0.4, 0.5) is 0 Å². The fourth-order valence-electron chi connectivity index (χ4n) is 3.48. The molecular formula is C19H22ClN3O2. The molecule has 2 atom stereocenters. The second-order valence-corrected chi connectivity index (χ2v) is 6.75. The van der Waals surface area contributed by atoms with Crippen LogP contribution in [0.3, 0.4) is 0 Å². The first kappa shape index (κ1) is 18.0. The molecule has 1 aliphatic rings. The predicted octanol–water partition coefficient (Wildman–Crippen LogP) is 2.79. The van der Waals surface area contributed by atoms with Crippen LogP contribution in [-0.4, -0.2) is 40.4 Å². The third-order valence-corrected chi connectivity index (χ3v) is 5.33. The molecular weight excluding hydrogens is 338 g/mol. The fraction of sp³-hybridized carbons (Fsp3) is 0.421. The molecule has 132 valence electrons. The molecule has 0 bridgehead atoms. The zero-order valence-corrected chi connectivity index (χ0v) is 15.2. The summed E-state index contributed by atoms with van der Waals surface area (Å²) in [5, 5.41) is 19.7. The zero-order valence-electron chi connectivity index (χ0n) is 14.4. The Morgan fingerprint density at radius 1 is 1.40 bits per heavy atom.